The highest BCUT2D eigenvalue weighted by molar-refractivity contribution is 6.21. The molecular formula is C22H18N2O4. The van der Waals surface area contributed by atoms with Crippen molar-refractivity contribution >= 4 is 45.1 Å². The van der Waals surface area contributed by atoms with E-state index < -0.39 is 0 Å². The van der Waals surface area contributed by atoms with E-state index >= 15 is 0 Å². The number of ether oxygens (including phenoxy) is 1. The van der Waals surface area contributed by atoms with Gasteiger partial charge in [0.25, 0.3) is 5.91 Å². The number of para-hydroxylation sites is 1. The maximum absolute atomic E-state index is 13.0. The van der Waals surface area contributed by atoms with Gasteiger partial charge in [0.1, 0.15) is 5.58 Å². The third-order valence-electron chi connectivity index (χ3n) is 4.40. The lowest BCUT2D eigenvalue weighted by Gasteiger charge is -2.08. The topological polar surface area (TPSA) is 80.6 Å². The van der Waals surface area contributed by atoms with Gasteiger partial charge in [-0.3, -0.25) is 9.59 Å². The highest BCUT2D eigenvalue weighted by Crippen LogP contribution is 2.38. The summed E-state index contributed by atoms with van der Waals surface area (Å²) in [7, 11) is 1.55. The molecule has 4 aromatic rings. The molecule has 0 atom stereocenters. The number of anilines is 2. The van der Waals surface area contributed by atoms with E-state index in [-0.39, 0.29) is 11.8 Å². The van der Waals surface area contributed by atoms with Crippen LogP contribution in [0.4, 0.5) is 11.4 Å². The monoisotopic (exact) mass is 374 g/mol. The van der Waals surface area contributed by atoms with Crippen molar-refractivity contribution in [3.05, 3.63) is 66.2 Å². The fourth-order valence-electron chi connectivity index (χ4n) is 3.21. The van der Waals surface area contributed by atoms with Crippen molar-refractivity contribution in [3.8, 4) is 5.75 Å². The van der Waals surface area contributed by atoms with Crippen LogP contribution in [0, 0.1) is 0 Å². The normalized spacial score (nSPS) is 10.8. The molecule has 6 nitrogen and oxygen atoms in total. The molecule has 6 heteroatoms. The molecule has 4 rings (SSSR count). The van der Waals surface area contributed by atoms with Gasteiger partial charge in [-0.05, 0) is 42.5 Å². The zero-order chi connectivity index (χ0) is 19.7. The summed E-state index contributed by atoms with van der Waals surface area (Å²) in [4.78, 5) is 24.4. The minimum atomic E-state index is -0.258. The van der Waals surface area contributed by atoms with Gasteiger partial charge in [0.15, 0.2) is 11.3 Å². The third kappa shape index (κ3) is 3.16. The van der Waals surface area contributed by atoms with Crippen molar-refractivity contribution in [2.45, 2.75) is 6.92 Å². The summed E-state index contributed by atoms with van der Waals surface area (Å²) in [6.07, 6.45) is 0. The van der Waals surface area contributed by atoms with Crippen LogP contribution in [0.5, 0.6) is 5.75 Å². The largest absolute Gasteiger partial charge is 0.493 e. The average molecular weight is 374 g/mol. The van der Waals surface area contributed by atoms with Crippen molar-refractivity contribution in [1.29, 1.82) is 0 Å². The quantitative estimate of drug-likeness (QED) is 0.537. The van der Waals surface area contributed by atoms with Gasteiger partial charge < -0.3 is 19.8 Å². The first-order chi connectivity index (χ1) is 13.6. The molecule has 0 bridgehead atoms. The first-order valence-corrected chi connectivity index (χ1v) is 8.74. The van der Waals surface area contributed by atoms with E-state index in [4.69, 9.17) is 9.15 Å². The number of carbonyl (C=O) groups is 2. The summed E-state index contributed by atoms with van der Waals surface area (Å²) in [6, 6.07) is 18.0. The minimum Gasteiger partial charge on any atom is -0.493 e. The molecule has 28 heavy (non-hydrogen) atoms. The van der Waals surface area contributed by atoms with Gasteiger partial charge in [-0.2, -0.15) is 0 Å². The van der Waals surface area contributed by atoms with Gasteiger partial charge in [-0.25, -0.2) is 0 Å². The molecule has 1 aromatic heterocycles. The average Bonchev–Trinajstić information content (AvgIpc) is 3.06. The fraction of sp³-hybridized carbons (Fsp3) is 0.0909. The molecule has 0 radical (unpaired) electrons. The summed E-state index contributed by atoms with van der Waals surface area (Å²) in [5, 5.41) is 7.01. The lowest BCUT2D eigenvalue weighted by Crippen LogP contribution is -2.12. The molecule has 3 aromatic carbocycles. The molecule has 0 saturated heterocycles. The van der Waals surface area contributed by atoms with Crippen LogP contribution in [0.25, 0.3) is 21.9 Å². The SMILES string of the molecule is COc1ccc(C(=O)Nc2ccccc2)c2c1oc1ccc(NC(C)=O)cc12. The van der Waals surface area contributed by atoms with E-state index in [0.717, 1.165) is 5.39 Å². The van der Waals surface area contributed by atoms with E-state index in [9.17, 15) is 9.59 Å². The highest BCUT2D eigenvalue weighted by atomic mass is 16.5. The third-order valence-corrected chi connectivity index (χ3v) is 4.40. The molecule has 0 unspecified atom stereocenters. The Morgan fingerprint density at radius 3 is 2.43 bits per heavy atom. The van der Waals surface area contributed by atoms with E-state index in [1.54, 1.807) is 37.4 Å². The van der Waals surface area contributed by atoms with E-state index in [0.29, 0.717) is 39.2 Å². The second-order valence-corrected chi connectivity index (χ2v) is 6.33. The Morgan fingerprint density at radius 1 is 0.929 bits per heavy atom. The number of methoxy groups -OCH3 is 1. The van der Waals surface area contributed by atoms with Crippen LogP contribution >= 0.6 is 0 Å². The number of rotatable bonds is 4. The number of amides is 2. The molecule has 0 saturated carbocycles. The highest BCUT2D eigenvalue weighted by Gasteiger charge is 2.20. The molecule has 0 aliphatic rings. The minimum absolute atomic E-state index is 0.174. The smallest absolute Gasteiger partial charge is 0.256 e. The number of hydrogen-bond donors (Lipinski definition) is 2. The van der Waals surface area contributed by atoms with Gasteiger partial charge in [0.2, 0.25) is 5.91 Å². The van der Waals surface area contributed by atoms with Gasteiger partial charge in [-0.1, -0.05) is 18.2 Å². The van der Waals surface area contributed by atoms with E-state index in [2.05, 4.69) is 10.6 Å². The lowest BCUT2D eigenvalue weighted by molar-refractivity contribution is -0.114. The Hall–Kier alpha value is -3.80. The standard InChI is InChI=1S/C22H18N2O4/c1-13(25)23-15-8-10-18-17(12-15)20-16(9-11-19(27-2)21(20)28-18)22(26)24-14-6-4-3-5-7-14/h3-12H,1-2H3,(H,23,25)(H,24,26). The number of fused-ring (bicyclic) bond motifs is 3. The van der Waals surface area contributed by atoms with Crippen LogP contribution in [-0.2, 0) is 4.79 Å². The van der Waals surface area contributed by atoms with E-state index in [1.807, 2.05) is 30.3 Å². The summed E-state index contributed by atoms with van der Waals surface area (Å²) in [5.41, 5.74) is 2.86. The van der Waals surface area contributed by atoms with Gasteiger partial charge >= 0.3 is 0 Å². The van der Waals surface area contributed by atoms with Crippen LogP contribution in [0.3, 0.4) is 0 Å². The van der Waals surface area contributed by atoms with Crippen LogP contribution in [-0.4, -0.2) is 18.9 Å². The Kier molecular flexibility index (Phi) is 4.45. The van der Waals surface area contributed by atoms with Crippen molar-refractivity contribution in [2.24, 2.45) is 0 Å². The Morgan fingerprint density at radius 2 is 1.71 bits per heavy atom. The Labute approximate surface area is 161 Å². The van der Waals surface area contributed by atoms with Crippen molar-refractivity contribution in [3.63, 3.8) is 0 Å². The first-order valence-electron chi connectivity index (χ1n) is 8.74. The zero-order valence-electron chi connectivity index (χ0n) is 15.4. The van der Waals surface area contributed by atoms with Crippen molar-refractivity contribution in [1.82, 2.24) is 0 Å². The Bertz CT molecular complexity index is 1200. The maximum atomic E-state index is 13.0. The second-order valence-electron chi connectivity index (χ2n) is 6.33. The molecule has 140 valence electrons. The van der Waals surface area contributed by atoms with Crippen molar-refractivity contribution in [2.75, 3.05) is 17.7 Å². The molecular weight excluding hydrogens is 356 g/mol. The number of carbonyl (C=O) groups excluding carboxylic acids is 2. The summed E-state index contributed by atoms with van der Waals surface area (Å²) in [5.74, 6) is 0.0989. The molecule has 0 spiro atoms. The second kappa shape index (κ2) is 7.08. The molecule has 1 heterocycles. The van der Waals surface area contributed by atoms with Gasteiger partial charge in [0.05, 0.1) is 12.7 Å². The lowest BCUT2D eigenvalue weighted by atomic mass is 10.0. The number of nitrogens with one attached hydrogen (secondary N) is 2. The maximum Gasteiger partial charge on any atom is 0.256 e. The first kappa shape index (κ1) is 17.6. The van der Waals surface area contributed by atoms with Crippen LogP contribution < -0.4 is 15.4 Å². The zero-order valence-corrected chi connectivity index (χ0v) is 15.4. The molecule has 2 N–H and O–H groups in total. The molecule has 0 fully saturated rings. The van der Waals surface area contributed by atoms with Gasteiger partial charge in [0, 0.05) is 29.1 Å². The van der Waals surface area contributed by atoms with Crippen LogP contribution in [0.2, 0.25) is 0 Å². The summed E-state index contributed by atoms with van der Waals surface area (Å²) in [6.45, 7) is 1.44. The number of benzene rings is 3. The summed E-state index contributed by atoms with van der Waals surface area (Å²) < 4.78 is 11.4. The molecule has 0 aliphatic heterocycles. The number of hydrogen-bond acceptors (Lipinski definition) is 4. The summed E-state index contributed by atoms with van der Waals surface area (Å²) >= 11 is 0. The predicted molar refractivity (Wildman–Crippen MR) is 109 cm³/mol. The van der Waals surface area contributed by atoms with Crippen molar-refractivity contribution < 1.29 is 18.7 Å². The van der Waals surface area contributed by atoms with Crippen LogP contribution in [0.15, 0.2) is 65.1 Å². The Balaban J connectivity index is 1.90. The molecule has 2 amide bonds. The number of furan rings is 1. The van der Waals surface area contributed by atoms with E-state index in [1.165, 1.54) is 6.92 Å². The van der Waals surface area contributed by atoms with Gasteiger partial charge in [-0.15, -0.1) is 0 Å². The fourth-order valence-corrected chi connectivity index (χ4v) is 3.21. The molecule has 0 aliphatic carbocycles. The predicted octanol–water partition coefficient (Wildman–Crippen LogP) is 4.81. The van der Waals surface area contributed by atoms with Crippen LogP contribution in [0.1, 0.15) is 17.3 Å².